The summed E-state index contributed by atoms with van der Waals surface area (Å²) in [6.45, 7) is 5.90. The lowest BCUT2D eigenvalue weighted by atomic mass is 10.2. The van der Waals surface area contributed by atoms with Crippen LogP contribution in [-0.4, -0.2) is 15.7 Å². The molecule has 2 aromatic carbocycles. The number of hydrazine groups is 1. The predicted octanol–water partition coefficient (Wildman–Crippen LogP) is 4.30. The first-order chi connectivity index (χ1) is 13.1. The van der Waals surface area contributed by atoms with Crippen LogP contribution in [-0.2, 0) is 0 Å². The monoisotopic (exact) mass is 374 g/mol. The average molecular weight is 374 g/mol. The molecule has 27 heavy (non-hydrogen) atoms. The van der Waals surface area contributed by atoms with Crippen LogP contribution < -0.4 is 10.9 Å². The van der Waals surface area contributed by atoms with Crippen molar-refractivity contribution in [3.8, 4) is 5.69 Å². The zero-order valence-corrected chi connectivity index (χ0v) is 15.6. The molecule has 2 N–H and O–H groups in total. The highest BCUT2D eigenvalue weighted by molar-refractivity contribution is 7.20. The number of nitrogens with one attached hydrogen (secondary N) is 2. The quantitative estimate of drug-likeness (QED) is 0.512. The smallest absolute Gasteiger partial charge is 0.279 e. The predicted molar refractivity (Wildman–Crippen MR) is 110 cm³/mol. The zero-order chi connectivity index (χ0) is 18.8. The lowest BCUT2D eigenvalue weighted by Crippen LogP contribution is -2.35. The van der Waals surface area contributed by atoms with E-state index in [4.69, 9.17) is 0 Å². The summed E-state index contributed by atoms with van der Waals surface area (Å²) in [4.78, 5) is 14.1. The molecule has 0 bridgehead atoms. The van der Waals surface area contributed by atoms with Crippen LogP contribution in [0.4, 0.5) is 0 Å². The van der Waals surface area contributed by atoms with Gasteiger partial charge in [-0.05, 0) is 30.7 Å². The van der Waals surface area contributed by atoms with Crippen molar-refractivity contribution in [2.75, 3.05) is 0 Å². The van der Waals surface area contributed by atoms with Gasteiger partial charge in [0.15, 0.2) is 0 Å². The number of fused-ring (bicyclic) bond motifs is 1. The van der Waals surface area contributed by atoms with E-state index >= 15 is 0 Å². The Labute approximate surface area is 160 Å². The third-order valence-electron chi connectivity index (χ3n) is 4.22. The first-order valence-electron chi connectivity index (χ1n) is 8.49. The molecule has 5 nitrogen and oxygen atoms in total. The second-order valence-corrected chi connectivity index (χ2v) is 7.12. The van der Waals surface area contributed by atoms with Crippen LogP contribution in [0.25, 0.3) is 21.6 Å². The molecule has 4 rings (SSSR count). The van der Waals surface area contributed by atoms with Crippen LogP contribution in [0.1, 0.15) is 20.9 Å². The highest BCUT2D eigenvalue weighted by atomic mass is 32.1. The van der Waals surface area contributed by atoms with Crippen LogP contribution in [0.15, 0.2) is 73.3 Å². The fourth-order valence-corrected chi connectivity index (χ4v) is 3.89. The van der Waals surface area contributed by atoms with E-state index in [9.17, 15) is 4.79 Å². The Morgan fingerprint density at radius 3 is 2.41 bits per heavy atom. The average Bonchev–Trinajstić information content (AvgIpc) is 3.28. The largest absolute Gasteiger partial charge is 0.298 e. The Bertz CT molecular complexity index is 1110. The van der Waals surface area contributed by atoms with E-state index in [2.05, 4.69) is 22.5 Å². The van der Waals surface area contributed by atoms with Gasteiger partial charge in [-0.2, -0.15) is 5.10 Å². The number of benzene rings is 2. The minimum atomic E-state index is -0.202. The molecule has 0 radical (unpaired) electrons. The summed E-state index contributed by atoms with van der Waals surface area (Å²) in [7, 11) is 0. The van der Waals surface area contributed by atoms with E-state index in [-0.39, 0.29) is 5.91 Å². The number of aromatic nitrogens is 2. The maximum absolute atomic E-state index is 12.6. The lowest BCUT2D eigenvalue weighted by Gasteiger charge is -2.10. The third-order valence-corrected chi connectivity index (χ3v) is 5.33. The van der Waals surface area contributed by atoms with Gasteiger partial charge in [0.1, 0.15) is 4.83 Å². The molecule has 0 spiro atoms. The van der Waals surface area contributed by atoms with Gasteiger partial charge < -0.3 is 0 Å². The number of carbonyl (C=O) groups excluding carboxylic acids is 1. The van der Waals surface area contributed by atoms with Crippen LogP contribution in [0.3, 0.4) is 0 Å². The summed E-state index contributed by atoms with van der Waals surface area (Å²) in [5.41, 5.74) is 9.03. The molecule has 0 saturated carbocycles. The van der Waals surface area contributed by atoms with Gasteiger partial charge in [-0.15, -0.1) is 11.3 Å². The fourth-order valence-electron chi connectivity index (χ4n) is 2.81. The molecule has 0 unspecified atom stereocenters. The molecule has 1 amide bonds. The zero-order valence-electron chi connectivity index (χ0n) is 14.8. The molecule has 4 aromatic rings. The number of rotatable bonds is 5. The number of nitrogens with zero attached hydrogens (tertiary/aromatic N) is 2. The minimum absolute atomic E-state index is 0.202. The van der Waals surface area contributed by atoms with Gasteiger partial charge in [0.05, 0.1) is 22.0 Å². The van der Waals surface area contributed by atoms with Crippen LogP contribution in [0.5, 0.6) is 0 Å². The molecule has 0 aliphatic heterocycles. The molecule has 6 heteroatoms. The molecular formula is C21H18N4OS. The van der Waals surface area contributed by atoms with Crippen molar-refractivity contribution < 1.29 is 4.79 Å². The number of thiophene rings is 1. The summed E-state index contributed by atoms with van der Waals surface area (Å²) >= 11 is 1.41. The number of hydrogen-bond donors (Lipinski definition) is 2. The van der Waals surface area contributed by atoms with Gasteiger partial charge in [0.25, 0.3) is 5.91 Å². The van der Waals surface area contributed by atoms with E-state index in [0.717, 1.165) is 27.2 Å². The number of carbonyl (C=O) groups is 1. The van der Waals surface area contributed by atoms with E-state index in [1.165, 1.54) is 11.3 Å². The van der Waals surface area contributed by atoms with Crippen molar-refractivity contribution in [1.29, 1.82) is 0 Å². The molecule has 134 valence electrons. The van der Waals surface area contributed by atoms with Crippen LogP contribution in [0, 0.1) is 6.92 Å². The van der Waals surface area contributed by atoms with Gasteiger partial charge >= 0.3 is 0 Å². The van der Waals surface area contributed by atoms with Crippen molar-refractivity contribution in [3.05, 3.63) is 89.4 Å². The summed E-state index contributed by atoms with van der Waals surface area (Å²) in [6, 6.07) is 21.4. The minimum Gasteiger partial charge on any atom is -0.298 e. The Kier molecular flexibility index (Phi) is 4.48. The first kappa shape index (κ1) is 17.1. The van der Waals surface area contributed by atoms with E-state index in [1.807, 2.05) is 78.3 Å². The van der Waals surface area contributed by atoms with Gasteiger partial charge in [-0.1, -0.05) is 55.1 Å². The molecule has 0 aliphatic rings. The standard InChI is InChI=1S/C21H18N4OS/c1-14(16-9-5-3-6-10-16)22-23-20(26)19-13-18-15(2)24-25(21(18)27-19)17-11-7-4-8-12-17/h3-13,22H,1H2,2H3,(H,23,26). The number of aryl methyl sites for hydroxylation is 1. The molecule has 2 aromatic heterocycles. The normalized spacial score (nSPS) is 10.7. The van der Waals surface area contributed by atoms with Gasteiger partial charge in [0, 0.05) is 5.39 Å². The molecule has 0 aliphatic carbocycles. The second-order valence-electron chi connectivity index (χ2n) is 6.09. The van der Waals surface area contributed by atoms with Gasteiger partial charge in [-0.3, -0.25) is 15.6 Å². The van der Waals surface area contributed by atoms with E-state index < -0.39 is 0 Å². The molecule has 2 heterocycles. The molecule has 0 saturated heterocycles. The summed E-state index contributed by atoms with van der Waals surface area (Å²) in [6.07, 6.45) is 0. The van der Waals surface area contributed by atoms with Crippen molar-refractivity contribution in [1.82, 2.24) is 20.6 Å². The van der Waals surface area contributed by atoms with Gasteiger partial charge in [-0.25, -0.2) is 4.68 Å². The maximum Gasteiger partial charge on any atom is 0.279 e. The van der Waals surface area contributed by atoms with Crippen molar-refractivity contribution in [2.24, 2.45) is 0 Å². The maximum atomic E-state index is 12.6. The van der Waals surface area contributed by atoms with E-state index in [1.54, 1.807) is 0 Å². The van der Waals surface area contributed by atoms with Crippen molar-refractivity contribution in [3.63, 3.8) is 0 Å². The highest BCUT2D eigenvalue weighted by Gasteiger charge is 2.17. The number of para-hydroxylation sites is 1. The van der Waals surface area contributed by atoms with Gasteiger partial charge in [0.2, 0.25) is 0 Å². The van der Waals surface area contributed by atoms with Crippen LogP contribution in [0.2, 0.25) is 0 Å². The van der Waals surface area contributed by atoms with Crippen molar-refractivity contribution >= 4 is 33.2 Å². The third kappa shape index (κ3) is 3.35. The Morgan fingerprint density at radius 1 is 1.04 bits per heavy atom. The highest BCUT2D eigenvalue weighted by Crippen LogP contribution is 2.30. The summed E-state index contributed by atoms with van der Waals surface area (Å²) < 4.78 is 1.88. The Balaban J connectivity index is 1.55. The summed E-state index contributed by atoms with van der Waals surface area (Å²) in [5, 5.41) is 5.58. The number of hydrogen-bond acceptors (Lipinski definition) is 4. The molecule has 0 atom stereocenters. The van der Waals surface area contributed by atoms with E-state index in [0.29, 0.717) is 10.6 Å². The molecular weight excluding hydrogens is 356 g/mol. The summed E-state index contributed by atoms with van der Waals surface area (Å²) in [5.74, 6) is -0.202. The Morgan fingerprint density at radius 2 is 1.70 bits per heavy atom. The molecule has 0 fully saturated rings. The number of amides is 1. The second kappa shape index (κ2) is 7.09. The fraction of sp³-hybridized carbons (Fsp3) is 0.0476. The lowest BCUT2D eigenvalue weighted by molar-refractivity contribution is 0.0946. The first-order valence-corrected chi connectivity index (χ1v) is 9.30. The Hall–Kier alpha value is -3.38. The van der Waals surface area contributed by atoms with Crippen LogP contribution >= 0.6 is 11.3 Å². The SMILES string of the molecule is C=C(NNC(=O)c1cc2c(C)nn(-c3ccccc3)c2s1)c1ccccc1. The van der Waals surface area contributed by atoms with Crippen molar-refractivity contribution in [2.45, 2.75) is 6.92 Å². The topological polar surface area (TPSA) is 58.9 Å².